The summed E-state index contributed by atoms with van der Waals surface area (Å²) >= 11 is 0. The van der Waals surface area contributed by atoms with Crippen LogP contribution >= 0.6 is 0 Å². The molecule has 2 bridgehead atoms. The summed E-state index contributed by atoms with van der Waals surface area (Å²) in [6.45, 7) is 4.12. The SMILES string of the molecule is C=C1Oc2ccccc2[C@@H]2[C@H]1[C@@H]1C=C[C@H]2C1. The standard InChI is InChI=1S/C15H14O/c1-9-14-10-6-7-11(8-10)15(14)12-4-2-3-5-13(12)16-9/h2-7,10-11,14-15H,1,8H2/t10-,11+,14-,15-/m1/s1. The quantitative estimate of drug-likeness (QED) is 0.595. The summed E-state index contributed by atoms with van der Waals surface area (Å²) in [5.41, 5.74) is 1.39. The number of allylic oxidation sites excluding steroid dienone is 3. The van der Waals surface area contributed by atoms with Gasteiger partial charge in [0.2, 0.25) is 0 Å². The Balaban J connectivity index is 1.92. The highest BCUT2D eigenvalue weighted by Crippen LogP contribution is 2.59. The van der Waals surface area contributed by atoms with Crippen LogP contribution in [0, 0.1) is 17.8 Å². The molecule has 3 aliphatic rings. The van der Waals surface area contributed by atoms with E-state index in [0.29, 0.717) is 23.7 Å². The van der Waals surface area contributed by atoms with Crippen molar-refractivity contribution in [2.24, 2.45) is 17.8 Å². The second-order valence-corrected chi connectivity index (χ2v) is 5.11. The Bertz CT molecular complexity index is 500. The van der Waals surface area contributed by atoms with Crippen LogP contribution in [0.2, 0.25) is 0 Å². The second kappa shape index (κ2) is 2.79. The molecule has 1 nitrogen and oxygen atoms in total. The van der Waals surface area contributed by atoms with Gasteiger partial charge in [0.05, 0.1) is 0 Å². The number of fused-ring (bicyclic) bond motifs is 7. The van der Waals surface area contributed by atoms with Crippen LogP contribution in [0.15, 0.2) is 48.8 Å². The minimum atomic E-state index is 0.518. The summed E-state index contributed by atoms with van der Waals surface area (Å²) in [4.78, 5) is 0. The van der Waals surface area contributed by atoms with E-state index >= 15 is 0 Å². The van der Waals surface area contributed by atoms with Gasteiger partial charge in [-0.15, -0.1) is 0 Å². The molecule has 1 heteroatoms. The second-order valence-electron chi connectivity index (χ2n) is 5.11. The van der Waals surface area contributed by atoms with Crippen molar-refractivity contribution >= 4 is 0 Å². The molecular formula is C15H14O. The maximum atomic E-state index is 5.87. The van der Waals surface area contributed by atoms with Crippen molar-refractivity contribution in [2.45, 2.75) is 12.3 Å². The Morgan fingerprint density at radius 2 is 1.81 bits per heavy atom. The van der Waals surface area contributed by atoms with Crippen molar-refractivity contribution in [1.82, 2.24) is 0 Å². The average Bonchev–Trinajstić information content (AvgIpc) is 2.90. The molecule has 0 aromatic heterocycles. The van der Waals surface area contributed by atoms with Crippen LogP contribution in [-0.4, -0.2) is 0 Å². The van der Waals surface area contributed by atoms with Gasteiger partial charge >= 0.3 is 0 Å². The number of hydrogen-bond acceptors (Lipinski definition) is 1. The summed E-state index contributed by atoms with van der Waals surface area (Å²) in [7, 11) is 0. The zero-order valence-corrected chi connectivity index (χ0v) is 9.10. The number of hydrogen-bond donors (Lipinski definition) is 0. The zero-order valence-electron chi connectivity index (χ0n) is 9.10. The van der Waals surface area contributed by atoms with Crippen LogP contribution in [0.5, 0.6) is 5.75 Å². The highest BCUT2D eigenvalue weighted by atomic mass is 16.5. The van der Waals surface area contributed by atoms with Crippen molar-refractivity contribution in [3.8, 4) is 5.75 Å². The first-order valence-corrected chi connectivity index (χ1v) is 5.98. The third-order valence-electron chi connectivity index (χ3n) is 4.35. The van der Waals surface area contributed by atoms with Crippen LogP contribution in [0.1, 0.15) is 17.9 Å². The lowest BCUT2D eigenvalue weighted by Gasteiger charge is -2.35. The fraction of sp³-hybridized carbons (Fsp3) is 0.333. The Labute approximate surface area is 95.4 Å². The van der Waals surface area contributed by atoms with Crippen molar-refractivity contribution < 1.29 is 4.74 Å². The Morgan fingerprint density at radius 3 is 2.69 bits per heavy atom. The lowest BCUT2D eigenvalue weighted by atomic mass is 9.76. The predicted octanol–water partition coefficient (Wildman–Crippen LogP) is 3.50. The van der Waals surface area contributed by atoms with Gasteiger partial charge in [0.1, 0.15) is 11.5 Å². The Kier molecular flexibility index (Phi) is 1.50. The molecule has 0 N–H and O–H groups in total. The first-order chi connectivity index (χ1) is 7.84. The molecule has 0 unspecified atom stereocenters. The fourth-order valence-corrected chi connectivity index (χ4v) is 3.74. The molecule has 0 spiro atoms. The molecule has 2 aliphatic carbocycles. The van der Waals surface area contributed by atoms with Crippen molar-refractivity contribution in [3.05, 3.63) is 54.3 Å². The zero-order chi connectivity index (χ0) is 10.7. The molecule has 1 fully saturated rings. The lowest BCUT2D eigenvalue weighted by Crippen LogP contribution is -2.26. The third kappa shape index (κ3) is 0.915. The Morgan fingerprint density at radius 1 is 1.06 bits per heavy atom. The van der Waals surface area contributed by atoms with E-state index < -0.39 is 0 Å². The van der Waals surface area contributed by atoms with Gasteiger partial charge < -0.3 is 4.74 Å². The molecule has 1 aromatic carbocycles. The van der Waals surface area contributed by atoms with Gasteiger partial charge in [0.25, 0.3) is 0 Å². The van der Waals surface area contributed by atoms with Gasteiger partial charge in [-0.05, 0) is 29.9 Å². The molecule has 4 rings (SSSR count). The van der Waals surface area contributed by atoms with Crippen LogP contribution in [-0.2, 0) is 0 Å². The van der Waals surface area contributed by atoms with E-state index in [2.05, 4.69) is 36.9 Å². The highest BCUT2D eigenvalue weighted by Gasteiger charge is 2.49. The maximum absolute atomic E-state index is 5.87. The summed E-state index contributed by atoms with van der Waals surface area (Å²) in [6, 6.07) is 8.43. The molecular weight excluding hydrogens is 196 g/mol. The maximum Gasteiger partial charge on any atom is 0.130 e. The topological polar surface area (TPSA) is 9.23 Å². The van der Waals surface area contributed by atoms with Crippen LogP contribution in [0.3, 0.4) is 0 Å². The minimum Gasteiger partial charge on any atom is -0.462 e. The number of ether oxygens (including phenoxy) is 1. The van der Waals surface area contributed by atoms with Gasteiger partial charge in [0, 0.05) is 11.8 Å². The van der Waals surface area contributed by atoms with E-state index in [1.807, 2.05) is 6.07 Å². The van der Waals surface area contributed by atoms with Crippen LogP contribution in [0.25, 0.3) is 0 Å². The number of rotatable bonds is 0. The molecule has 4 atom stereocenters. The van der Waals surface area contributed by atoms with Crippen molar-refractivity contribution in [2.75, 3.05) is 0 Å². The third-order valence-corrected chi connectivity index (χ3v) is 4.35. The van der Waals surface area contributed by atoms with Crippen LogP contribution in [0.4, 0.5) is 0 Å². The molecule has 80 valence electrons. The van der Waals surface area contributed by atoms with E-state index in [-0.39, 0.29) is 0 Å². The van der Waals surface area contributed by atoms with Crippen LogP contribution < -0.4 is 4.74 Å². The summed E-state index contributed by atoms with van der Waals surface area (Å²) < 4.78 is 5.87. The molecule has 0 amide bonds. The average molecular weight is 210 g/mol. The number of para-hydroxylation sites is 1. The summed E-state index contributed by atoms with van der Waals surface area (Å²) in [5.74, 6) is 4.50. The fourth-order valence-electron chi connectivity index (χ4n) is 3.74. The molecule has 1 saturated carbocycles. The Hall–Kier alpha value is -1.50. The van der Waals surface area contributed by atoms with Gasteiger partial charge in [-0.2, -0.15) is 0 Å². The van der Waals surface area contributed by atoms with Gasteiger partial charge in [-0.3, -0.25) is 0 Å². The van der Waals surface area contributed by atoms with Crippen molar-refractivity contribution in [1.29, 1.82) is 0 Å². The van der Waals surface area contributed by atoms with Gasteiger partial charge in [-0.1, -0.05) is 36.9 Å². The van der Waals surface area contributed by atoms with E-state index in [1.54, 1.807) is 0 Å². The summed E-state index contributed by atoms with van der Waals surface area (Å²) in [6.07, 6.45) is 6.03. The van der Waals surface area contributed by atoms with E-state index in [1.165, 1.54) is 12.0 Å². The molecule has 1 heterocycles. The van der Waals surface area contributed by atoms with E-state index in [0.717, 1.165) is 11.5 Å². The normalized spacial score (nSPS) is 38.1. The van der Waals surface area contributed by atoms with E-state index in [4.69, 9.17) is 4.74 Å². The van der Waals surface area contributed by atoms with Gasteiger partial charge in [-0.25, -0.2) is 0 Å². The van der Waals surface area contributed by atoms with Crippen molar-refractivity contribution in [3.63, 3.8) is 0 Å². The minimum absolute atomic E-state index is 0.518. The first-order valence-electron chi connectivity index (χ1n) is 5.98. The molecule has 1 aromatic rings. The first kappa shape index (κ1) is 8.63. The highest BCUT2D eigenvalue weighted by molar-refractivity contribution is 5.45. The predicted molar refractivity (Wildman–Crippen MR) is 63.2 cm³/mol. The smallest absolute Gasteiger partial charge is 0.130 e. The molecule has 16 heavy (non-hydrogen) atoms. The number of benzene rings is 1. The molecule has 0 saturated heterocycles. The van der Waals surface area contributed by atoms with Gasteiger partial charge in [0.15, 0.2) is 0 Å². The monoisotopic (exact) mass is 210 g/mol. The summed E-state index contributed by atoms with van der Waals surface area (Å²) in [5, 5.41) is 0. The largest absolute Gasteiger partial charge is 0.462 e. The molecule has 1 aliphatic heterocycles. The molecule has 0 radical (unpaired) electrons. The van der Waals surface area contributed by atoms with E-state index in [9.17, 15) is 0 Å². The lowest BCUT2D eigenvalue weighted by molar-refractivity contribution is 0.267.